The average molecular weight is 396 g/mol. The molecule has 0 unspecified atom stereocenters. The van der Waals surface area contributed by atoms with E-state index < -0.39 is 0 Å². The molecule has 2 aromatic rings. The van der Waals surface area contributed by atoms with Crippen LogP contribution >= 0.6 is 0 Å². The molecule has 0 spiro atoms. The number of hydrogen-bond donors (Lipinski definition) is 4. The second-order valence-corrected chi connectivity index (χ2v) is 6.48. The fourth-order valence-electron chi connectivity index (χ4n) is 2.90. The van der Waals surface area contributed by atoms with Gasteiger partial charge in [-0.1, -0.05) is 24.3 Å². The third-order valence-electron chi connectivity index (χ3n) is 4.47. The van der Waals surface area contributed by atoms with Crippen molar-refractivity contribution < 1.29 is 9.59 Å². The van der Waals surface area contributed by atoms with Crippen molar-refractivity contribution in [2.45, 2.75) is 12.8 Å². The van der Waals surface area contributed by atoms with Crippen molar-refractivity contribution in [2.24, 2.45) is 4.99 Å². The second kappa shape index (κ2) is 11.5. The van der Waals surface area contributed by atoms with Gasteiger partial charge < -0.3 is 21.3 Å². The summed E-state index contributed by atoms with van der Waals surface area (Å²) < 4.78 is 0. The predicted octanol–water partition coefficient (Wildman–Crippen LogP) is 1.36. The molecule has 0 bridgehead atoms. The molecule has 4 N–H and O–H groups in total. The van der Waals surface area contributed by atoms with Crippen molar-refractivity contribution in [3.63, 3.8) is 0 Å². The maximum absolute atomic E-state index is 11.7. The fourth-order valence-corrected chi connectivity index (χ4v) is 2.90. The van der Waals surface area contributed by atoms with Gasteiger partial charge in [-0.3, -0.25) is 14.6 Å². The van der Waals surface area contributed by atoms with Crippen LogP contribution in [0.5, 0.6) is 0 Å². The molecule has 0 aliphatic rings. The van der Waals surface area contributed by atoms with Gasteiger partial charge >= 0.3 is 0 Å². The monoisotopic (exact) mass is 395 g/mol. The lowest BCUT2D eigenvalue weighted by atomic mass is 10.1. The molecule has 2 aromatic carbocycles. The number of aliphatic imine (C=N–C) groups is 1. The normalized spacial score (nSPS) is 10.0. The van der Waals surface area contributed by atoms with Gasteiger partial charge in [0, 0.05) is 45.4 Å². The highest BCUT2D eigenvalue weighted by molar-refractivity contribution is 5.94. The van der Waals surface area contributed by atoms with Crippen LogP contribution in [0.25, 0.3) is 0 Å². The van der Waals surface area contributed by atoms with Gasteiger partial charge in [-0.25, -0.2) is 0 Å². The lowest BCUT2D eigenvalue weighted by Crippen LogP contribution is -2.39. The van der Waals surface area contributed by atoms with Crippen LogP contribution in [-0.4, -0.2) is 52.0 Å². The van der Waals surface area contributed by atoms with Crippen LogP contribution in [-0.2, 0) is 12.8 Å². The van der Waals surface area contributed by atoms with Crippen molar-refractivity contribution in [2.75, 3.05) is 34.2 Å². The maximum Gasteiger partial charge on any atom is 0.251 e. The smallest absolute Gasteiger partial charge is 0.251 e. The molecule has 0 aromatic heterocycles. The van der Waals surface area contributed by atoms with Crippen LogP contribution in [0, 0.1) is 0 Å². The molecule has 0 fully saturated rings. The molecule has 0 atom stereocenters. The van der Waals surface area contributed by atoms with Crippen molar-refractivity contribution in [3.8, 4) is 0 Å². The Labute approximate surface area is 172 Å². The van der Waals surface area contributed by atoms with Gasteiger partial charge in [-0.15, -0.1) is 0 Å². The number of guanidine groups is 1. The third kappa shape index (κ3) is 6.95. The average Bonchev–Trinajstić information content (AvgIpc) is 2.77. The molecule has 0 radical (unpaired) electrons. The van der Waals surface area contributed by atoms with Gasteiger partial charge in [0.2, 0.25) is 0 Å². The minimum absolute atomic E-state index is 0.0854. The minimum Gasteiger partial charge on any atom is -0.356 e. The van der Waals surface area contributed by atoms with E-state index in [9.17, 15) is 9.59 Å². The first-order chi connectivity index (χ1) is 14.1. The summed E-state index contributed by atoms with van der Waals surface area (Å²) in [6.07, 6.45) is 1.55. The van der Waals surface area contributed by atoms with Crippen molar-refractivity contribution in [1.29, 1.82) is 0 Å². The minimum atomic E-state index is -0.0854. The topological polar surface area (TPSA) is 94.6 Å². The van der Waals surface area contributed by atoms with E-state index in [2.05, 4.69) is 26.3 Å². The number of nitrogens with zero attached hydrogens (tertiary/aromatic N) is 1. The van der Waals surface area contributed by atoms with Crippen LogP contribution in [0.15, 0.2) is 53.5 Å². The van der Waals surface area contributed by atoms with E-state index in [0.29, 0.717) is 24.2 Å². The maximum atomic E-state index is 11.7. The first-order valence-electron chi connectivity index (χ1n) is 9.64. The first kappa shape index (κ1) is 21.9. The standard InChI is InChI=1S/C22H29N5O2/c1-23-20(28)18-8-4-6-16(14-18)10-12-26-22(25-3)27-13-11-17-7-5-9-19(15-17)21(29)24-2/h4-9,14-15H,10-13H2,1-3H3,(H,23,28)(H,24,29)(H2,25,26,27). The lowest BCUT2D eigenvalue weighted by molar-refractivity contribution is 0.0955. The van der Waals surface area contributed by atoms with Gasteiger partial charge in [0.15, 0.2) is 5.96 Å². The summed E-state index contributed by atoms with van der Waals surface area (Å²) in [5.74, 6) is 0.547. The van der Waals surface area contributed by atoms with Crippen LogP contribution in [0.1, 0.15) is 31.8 Å². The van der Waals surface area contributed by atoms with Crippen molar-refractivity contribution in [3.05, 3.63) is 70.8 Å². The summed E-state index contributed by atoms with van der Waals surface area (Å²) in [6, 6.07) is 15.2. The van der Waals surface area contributed by atoms with Crippen LogP contribution < -0.4 is 21.3 Å². The van der Waals surface area contributed by atoms with Gasteiger partial charge in [-0.2, -0.15) is 0 Å². The van der Waals surface area contributed by atoms with Gasteiger partial charge in [0.05, 0.1) is 0 Å². The highest BCUT2D eigenvalue weighted by atomic mass is 16.2. The van der Waals surface area contributed by atoms with E-state index in [4.69, 9.17) is 0 Å². The molecule has 154 valence electrons. The van der Waals surface area contributed by atoms with Crippen molar-refractivity contribution >= 4 is 17.8 Å². The Kier molecular flexibility index (Phi) is 8.69. The summed E-state index contributed by atoms with van der Waals surface area (Å²) in [4.78, 5) is 27.7. The fraction of sp³-hybridized carbons (Fsp3) is 0.318. The van der Waals surface area contributed by atoms with Crippen molar-refractivity contribution in [1.82, 2.24) is 21.3 Å². The van der Waals surface area contributed by atoms with E-state index in [1.807, 2.05) is 36.4 Å². The Bertz CT molecular complexity index is 796. The van der Waals surface area contributed by atoms with E-state index in [1.54, 1.807) is 33.3 Å². The number of benzene rings is 2. The largest absolute Gasteiger partial charge is 0.356 e. The molecule has 7 nitrogen and oxygen atoms in total. The molecule has 0 saturated carbocycles. The zero-order valence-corrected chi connectivity index (χ0v) is 17.2. The molecule has 0 aliphatic heterocycles. The summed E-state index contributed by atoms with van der Waals surface area (Å²) in [5, 5.41) is 11.8. The summed E-state index contributed by atoms with van der Waals surface area (Å²) >= 11 is 0. The molecule has 29 heavy (non-hydrogen) atoms. The van der Waals surface area contributed by atoms with Crippen LogP contribution in [0.4, 0.5) is 0 Å². The highest BCUT2D eigenvalue weighted by Gasteiger charge is 2.05. The zero-order chi connectivity index (χ0) is 21.1. The highest BCUT2D eigenvalue weighted by Crippen LogP contribution is 2.06. The molecule has 2 amide bonds. The quantitative estimate of drug-likeness (QED) is 0.401. The van der Waals surface area contributed by atoms with E-state index >= 15 is 0 Å². The number of amides is 2. The van der Waals surface area contributed by atoms with E-state index in [-0.39, 0.29) is 11.8 Å². The van der Waals surface area contributed by atoms with Gasteiger partial charge in [-0.05, 0) is 48.2 Å². The summed E-state index contributed by atoms with van der Waals surface area (Å²) in [6.45, 7) is 1.39. The number of nitrogens with one attached hydrogen (secondary N) is 4. The van der Waals surface area contributed by atoms with E-state index in [1.165, 1.54) is 0 Å². The zero-order valence-electron chi connectivity index (χ0n) is 17.2. The Hall–Kier alpha value is -3.35. The second-order valence-electron chi connectivity index (χ2n) is 6.48. The Morgan fingerprint density at radius 2 is 1.24 bits per heavy atom. The molecule has 0 aliphatic carbocycles. The molecule has 2 rings (SSSR count). The number of carbonyl (C=O) groups excluding carboxylic acids is 2. The van der Waals surface area contributed by atoms with E-state index in [0.717, 1.165) is 29.9 Å². The number of hydrogen-bond acceptors (Lipinski definition) is 3. The van der Waals surface area contributed by atoms with Gasteiger partial charge in [0.25, 0.3) is 11.8 Å². The molecular formula is C22H29N5O2. The summed E-state index contributed by atoms with van der Waals surface area (Å²) in [5.41, 5.74) is 3.48. The molecule has 7 heteroatoms. The number of carbonyl (C=O) groups is 2. The SMILES string of the molecule is CN=C(NCCc1cccc(C(=O)NC)c1)NCCc1cccc(C(=O)NC)c1. The molecule has 0 heterocycles. The Morgan fingerprint density at radius 1 is 0.793 bits per heavy atom. The summed E-state index contributed by atoms with van der Waals surface area (Å²) in [7, 11) is 4.98. The predicted molar refractivity (Wildman–Crippen MR) is 116 cm³/mol. The Balaban J connectivity index is 1.79. The third-order valence-corrected chi connectivity index (χ3v) is 4.47. The lowest BCUT2D eigenvalue weighted by Gasteiger charge is -2.12. The molecular weight excluding hydrogens is 366 g/mol. The first-order valence-corrected chi connectivity index (χ1v) is 9.64. The van der Waals surface area contributed by atoms with Gasteiger partial charge in [0.1, 0.15) is 0 Å². The van der Waals surface area contributed by atoms with Crippen LogP contribution in [0.2, 0.25) is 0 Å². The number of rotatable bonds is 8. The van der Waals surface area contributed by atoms with Crippen LogP contribution in [0.3, 0.4) is 0 Å². The molecule has 0 saturated heterocycles. The Morgan fingerprint density at radius 3 is 1.62 bits per heavy atom.